The lowest BCUT2D eigenvalue weighted by atomic mass is 9.99. The average molecular weight is 451 g/mol. The van der Waals surface area contributed by atoms with E-state index in [-0.39, 0.29) is 23.9 Å². The monoisotopic (exact) mass is 450 g/mol. The lowest BCUT2D eigenvalue weighted by Gasteiger charge is -2.31. The minimum absolute atomic E-state index is 0.151. The van der Waals surface area contributed by atoms with Crippen LogP contribution in [0.1, 0.15) is 29.4 Å². The van der Waals surface area contributed by atoms with E-state index >= 15 is 0 Å². The van der Waals surface area contributed by atoms with Crippen LogP contribution in [0.25, 0.3) is 10.7 Å². The number of furan rings is 1. The number of amides is 1. The fraction of sp³-hybridized carbons (Fsp3) is 0.421. The quantitative estimate of drug-likeness (QED) is 0.613. The molecule has 0 saturated carbocycles. The van der Waals surface area contributed by atoms with Crippen molar-refractivity contribution in [3.8, 4) is 10.7 Å². The van der Waals surface area contributed by atoms with Gasteiger partial charge in [-0.05, 0) is 38.0 Å². The van der Waals surface area contributed by atoms with E-state index in [4.69, 9.17) is 8.94 Å². The highest BCUT2D eigenvalue weighted by Gasteiger charge is 2.35. The second-order valence-electron chi connectivity index (χ2n) is 7.17. The Bertz CT molecular complexity index is 1130. The number of piperidine rings is 1. The minimum atomic E-state index is -3.74. The molecule has 1 fully saturated rings. The van der Waals surface area contributed by atoms with E-state index in [0.717, 1.165) is 0 Å². The van der Waals surface area contributed by atoms with Crippen molar-refractivity contribution in [2.24, 2.45) is 5.92 Å². The van der Waals surface area contributed by atoms with Gasteiger partial charge >= 0.3 is 0 Å². The predicted octanol–water partition coefficient (Wildman–Crippen LogP) is 2.73. The van der Waals surface area contributed by atoms with Crippen LogP contribution in [0.3, 0.4) is 0 Å². The van der Waals surface area contributed by atoms with Gasteiger partial charge in [-0.2, -0.15) is 9.29 Å². The topological polar surface area (TPSA) is 119 Å². The van der Waals surface area contributed by atoms with E-state index in [0.29, 0.717) is 46.6 Å². The number of nitrogens with one attached hydrogen (secondary N) is 1. The summed E-state index contributed by atoms with van der Waals surface area (Å²) in [6.07, 6.45) is 2.81. The Hall–Kier alpha value is -2.50. The molecule has 11 heteroatoms. The van der Waals surface area contributed by atoms with Gasteiger partial charge in [0.05, 0.1) is 28.5 Å². The van der Waals surface area contributed by atoms with Crippen LogP contribution in [-0.2, 0) is 21.4 Å². The van der Waals surface area contributed by atoms with E-state index in [1.807, 2.05) is 0 Å². The maximum Gasteiger partial charge on any atom is 0.244 e. The zero-order valence-electron chi connectivity index (χ0n) is 16.6. The molecule has 3 aromatic rings. The second-order valence-corrected chi connectivity index (χ2v) is 10.3. The first-order valence-electron chi connectivity index (χ1n) is 9.56. The molecule has 4 heterocycles. The number of aryl methyl sites for hydroxylation is 2. The standard InChI is InChI=1S/C19H22N4O5S2/c1-12-17(9-16(29-12)18-21-13(2)28-22-18)30(25,26)23-7-3-5-14(11-23)19(24)20-10-15-6-4-8-27-15/h4,6,8-9,14H,3,5,7,10-11H2,1-2H3,(H,20,24)/t14-/m0/s1. The van der Waals surface area contributed by atoms with Crippen molar-refractivity contribution in [3.05, 3.63) is 41.0 Å². The van der Waals surface area contributed by atoms with Gasteiger partial charge in [-0.1, -0.05) is 5.16 Å². The third kappa shape index (κ3) is 4.18. The normalized spacial score (nSPS) is 17.9. The maximum absolute atomic E-state index is 13.3. The van der Waals surface area contributed by atoms with Gasteiger partial charge in [-0.3, -0.25) is 4.79 Å². The maximum atomic E-state index is 13.3. The van der Waals surface area contributed by atoms with Crippen LogP contribution >= 0.6 is 11.3 Å². The van der Waals surface area contributed by atoms with Crippen LogP contribution in [0, 0.1) is 19.8 Å². The summed E-state index contributed by atoms with van der Waals surface area (Å²) in [5, 5.41) is 6.69. The summed E-state index contributed by atoms with van der Waals surface area (Å²) >= 11 is 1.30. The molecule has 0 aromatic carbocycles. The highest BCUT2D eigenvalue weighted by Crippen LogP contribution is 2.34. The van der Waals surface area contributed by atoms with E-state index in [1.165, 1.54) is 15.6 Å². The first kappa shape index (κ1) is 20.8. The first-order valence-corrected chi connectivity index (χ1v) is 11.8. The highest BCUT2D eigenvalue weighted by molar-refractivity contribution is 7.89. The van der Waals surface area contributed by atoms with Crippen LogP contribution in [-0.4, -0.2) is 41.9 Å². The molecule has 0 spiro atoms. The Morgan fingerprint density at radius 2 is 2.23 bits per heavy atom. The molecule has 1 saturated heterocycles. The summed E-state index contributed by atoms with van der Waals surface area (Å²) in [5.41, 5.74) is 0. The largest absolute Gasteiger partial charge is 0.467 e. The molecule has 30 heavy (non-hydrogen) atoms. The van der Waals surface area contributed by atoms with Gasteiger partial charge in [0.1, 0.15) is 5.76 Å². The average Bonchev–Trinajstić information content (AvgIpc) is 3.47. The first-order chi connectivity index (χ1) is 14.3. The van der Waals surface area contributed by atoms with Crippen LogP contribution in [0.4, 0.5) is 0 Å². The van der Waals surface area contributed by atoms with Crippen molar-refractivity contribution >= 4 is 27.3 Å². The molecule has 0 unspecified atom stereocenters. The van der Waals surface area contributed by atoms with Gasteiger partial charge < -0.3 is 14.3 Å². The Balaban J connectivity index is 1.48. The molecule has 1 aliphatic rings. The number of nitrogens with zero attached hydrogens (tertiary/aromatic N) is 3. The van der Waals surface area contributed by atoms with E-state index in [1.54, 1.807) is 38.3 Å². The molecular formula is C19H22N4O5S2. The van der Waals surface area contributed by atoms with Crippen molar-refractivity contribution in [1.82, 2.24) is 19.8 Å². The zero-order valence-corrected chi connectivity index (χ0v) is 18.3. The fourth-order valence-electron chi connectivity index (χ4n) is 3.48. The highest BCUT2D eigenvalue weighted by atomic mass is 32.2. The van der Waals surface area contributed by atoms with Gasteiger partial charge in [-0.25, -0.2) is 8.42 Å². The molecule has 1 amide bonds. The summed E-state index contributed by atoms with van der Waals surface area (Å²) < 4.78 is 38.2. The third-order valence-corrected chi connectivity index (χ3v) is 8.18. The van der Waals surface area contributed by atoms with Crippen molar-refractivity contribution in [3.63, 3.8) is 0 Å². The van der Waals surface area contributed by atoms with Gasteiger partial charge in [0.25, 0.3) is 0 Å². The number of thiophene rings is 1. The van der Waals surface area contributed by atoms with Gasteiger partial charge in [-0.15, -0.1) is 11.3 Å². The Morgan fingerprint density at radius 1 is 1.40 bits per heavy atom. The number of rotatable bonds is 6. The van der Waals surface area contributed by atoms with Gasteiger partial charge in [0, 0.05) is 24.9 Å². The molecule has 4 rings (SSSR count). The van der Waals surface area contributed by atoms with E-state index < -0.39 is 15.9 Å². The predicted molar refractivity (Wildman–Crippen MR) is 109 cm³/mol. The molecule has 160 valence electrons. The molecule has 0 aliphatic carbocycles. The Morgan fingerprint density at radius 3 is 2.93 bits per heavy atom. The molecule has 0 radical (unpaired) electrons. The summed E-state index contributed by atoms with van der Waals surface area (Å²) in [6.45, 7) is 4.26. The van der Waals surface area contributed by atoms with Crippen LogP contribution in [0.5, 0.6) is 0 Å². The van der Waals surface area contributed by atoms with Crippen molar-refractivity contribution < 1.29 is 22.2 Å². The van der Waals surface area contributed by atoms with E-state index in [2.05, 4.69) is 15.5 Å². The molecular weight excluding hydrogens is 428 g/mol. The lowest BCUT2D eigenvalue weighted by Crippen LogP contribution is -2.45. The molecule has 0 bridgehead atoms. The van der Waals surface area contributed by atoms with Crippen LogP contribution < -0.4 is 5.32 Å². The second kappa shape index (κ2) is 8.32. The van der Waals surface area contributed by atoms with Crippen LogP contribution in [0.15, 0.2) is 38.3 Å². The number of hydrogen-bond donors (Lipinski definition) is 1. The summed E-state index contributed by atoms with van der Waals surface area (Å²) in [7, 11) is -3.74. The SMILES string of the molecule is Cc1nc(-c2cc(S(=O)(=O)N3CCC[C@H](C(=O)NCc4ccco4)C3)c(C)s2)no1. The number of aromatic nitrogens is 2. The Labute approximate surface area is 178 Å². The molecule has 9 nitrogen and oxygen atoms in total. The van der Waals surface area contributed by atoms with Gasteiger partial charge in [0.15, 0.2) is 0 Å². The number of sulfonamides is 1. The van der Waals surface area contributed by atoms with Crippen LogP contribution in [0.2, 0.25) is 0 Å². The van der Waals surface area contributed by atoms with Crippen molar-refractivity contribution in [2.45, 2.75) is 38.1 Å². The lowest BCUT2D eigenvalue weighted by molar-refractivity contribution is -0.126. The third-order valence-electron chi connectivity index (χ3n) is 5.01. The number of carbonyl (C=O) groups is 1. The number of hydrogen-bond acceptors (Lipinski definition) is 8. The van der Waals surface area contributed by atoms with Crippen molar-refractivity contribution in [1.29, 1.82) is 0 Å². The van der Waals surface area contributed by atoms with E-state index in [9.17, 15) is 13.2 Å². The molecule has 3 aromatic heterocycles. The fourth-order valence-corrected chi connectivity index (χ4v) is 6.49. The smallest absolute Gasteiger partial charge is 0.244 e. The zero-order chi connectivity index (χ0) is 21.3. The molecule has 1 aliphatic heterocycles. The number of carbonyl (C=O) groups excluding carboxylic acids is 1. The summed E-state index contributed by atoms with van der Waals surface area (Å²) in [5.74, 6) is 0.871. The summed E-state index contributed by atoms with van der Waals surface area (Å²) in [4.78, 5) is 18.2. The van der Waals surface area contributed by atoms with Crippen molar-refractivity contribution in [2.75, 3.05) is 13.1 Å². The molecule has 1 atom stereocenters. The summed E-state index contributed by atoms with van der Waals surface area (Å²) in [6, 6.07) is 5.12. The molecule has 1 N–H and O–H groups in total. The van der Waals surface area contributed by atoms with Gasteiger partial charge in [0.2, 0.25) is 27.6 Å². The Kier molecular flexibility index (Phi) is 5.76. The minimum Gasteiger partial charge on any atom is -0.467 e.